The molecule has 0 spiro atoms. The van der Waals surface area contributed by atoms with Gasteiger partial charge in [0.15, 0.2) is 17.4 Å². The summed E-state index contributed by atoms with van der Waals surface area (Å²) in [6.07, 6.45) is 2.71. The molecule has 1 aromatic rings. The fourth-order valence-corrected chi connectivity index (χ4v) is 1.58. The van der Waals surface area contributed by atoms with Crippen LogP contribution in [0.15, 0.2) is 12.1 Å². The van der Waals surface area contributed by atoms with E-state index in [-0.39, 0.29) is 5.75 Å². The van der Waals surface area contributed by atoms with E-state index in [0.29, 0.717) is 18.7 Å². The van der Waals surface area contributed by atoms with Gasteiger partial charge in [0.2, 0.25) is 0 Å². The third kappa shape index (κ3) is 4.61. The summed E-state index contributed by atoms with van der Waals surface area (Å²) in [6, 6.07) is 2.65. The van der Waals surface area contributed by atoms with E-state index in [1.165, 1.54) is 12.1 Å². The summed E-state index contributed by atoms with van der Waals surface area (Å²) in [5, 5.41) is 3.10. The molecule has 0 radical (unpaired) electrons. The Bertz CT molecular complexity index is 346. The Balaban J connectivity index is 2.65. The first-order valence-electron chi connectivity index (χ1n) is 6.50. The normalized spacial score (nSPS) is 10.7. The smallest absolute Gasteiger partial charge is 0.190 e. The van der Waals surface area contributed by atoms with E-state index in [9.17, 15) is 8.78 Å². The number of hydrogen-bond acceptors (Lipinski definition) is 2. The van der Waals surface area contributed by atoms with E-state index >= 15 is 0 Å². The first kappa shape index (κ1) is 14.9. The summed E-state index contributed by atoms with van der Waals surface area (Å²) >= 11 is 0. The molecule has 1 rings (SSSR count). The maximum Gasteiger partial charge on any atom is 0.190 e. The largest absolute Gasteiger partial charge is 0.488 e. The van der Waals surface area contributed by atoms with Crippen molar-refractivity contribution >= 4 is 0 Å². The van der Waals surface area contributed by atoms with Crippen LogP contribution in [0.2, 0.25) is 0 Å². The van der Waals surface area contributed by atoms with Crippen LogP contribution in [-0.4, -0.2) is 13.2 Å². The van der Waals surface area contributed by atoms with E-state index in [2.05, 4.69) is 5.32 Å². The average Bonchev–Trinajstić information content (AvgIpc) is 2.33. The van der Waals surface area contributed by atoms with Crippen LogP contribution < -0.4 is 10.1 Å². The van der Waals surface area contributed by atoms with Crippen molar-refractivity contribution in [1.29, 1.82) is 0 Å². The third-order valence-corrected chi connectivity index (χ3v) is 2.56. The molecular formula is C14H21F2NO. The molecule has 0 aliphatic rings. The fraction of sp³-hybridized carbons (Fsp3) is 0.571. The molecule has 0 aromatic heterocycles. The minimum atomic E-state index is -0.626. The van der Waals surface area contributed by atoms with Crippen molar-refractivity contribution in [3.8, 4) is 5.75 Å². The van der Waals surface area contributed by atoms with Crippen LogP contribution in [0, 0.1) is 11.6 Å². The lowest BCUT2D eigenvalue weighted by molar-refractivity contribution is 0.278. The molecule has 0 amide bonds. The maximum absolute atomic E-state index is 13.7. The minimum Gasteiger partial charge on any atom is -0.488 e. The van der Waals surface area contributed by atoms with E-state index < -0.39 is 11.6 Å². The number of benzene rings is 1. The lowest BCUT2D eigenvalue weighted by atomic mass is 10.2. The van der Waals surface area contributed by atoms with Crippen LogP contribution >= 0.6 is 0 Å². The second-order valence-electron chi connectivity index (χ2n) is 4.27. The predicted molar refractivity (Wildman–Crippen MR) is 68.8 cm³/mol. The van der Waals surface area contributed by atoms with Gasteiger partial charge in [-0.3, -0.25) is 0 Å². The lowest BCUT2D eigenvalue weighted by Crippen LogP contribution is -2.14. The van der Waals surface area contributed by atoms with Gasteiger partial charge in [0.05, 0.1) is 6.61 Å². The first-order valence-corrected chi connectivity index (χ1v) is 6.50. The summed E-state index contributed by atoms with van der Waals surface area (Å²) in [5.74, 6) is -1.51. The summed E-state index contributed by atoms with van der Waals surface area (Å²) in [5.41, 5.74) is 0.598. The van der Waals surface area contributed by atoms with E-state index in [1.807, 2.05) is 13.8 Å². The number of unbranched alkanes of at least 4 members (excludes halogenated alkanes) is 1. The monoisotopic (exact) mass is 257 g/mol. The number of hydrogen-bond donors (Lipinski definition) is 1. The van der Waals surface area contributed by atoms with Crippen molar-refractivity contribution in [2.45, 2.75) is 39.7 Å². The molecule has 0 aliphatic carbocycles. The topological polar surface area (TPSA) is 21.3 Å². The maximum atomic E-state index is 13.7. The van der Waals surface area contributed by atoms with Crippen LogP contribution in [0.25, 0.3) is 0 Å². The van der Waals surface area contributed by atoms with E-state index in [4.69, 9.17) is 4.74 Å². The molecule has 1 N–H and O–H groups in total. The van der Waals surface area contributed by atoms with E-state index in [0.717, 1.165) is 25.8 Å². The molecule has 0 bridgehead atoms. The highest BCUT2D eigenvalue weighted by Crippen LogP contribution is 2.23. The van der Waals surface area contributed by atoms with Crippen LogP contribution in [-0.2, 0) is 6.54 Å². The van der Waals surface area contributed by atoms with Gasteiger partial charge in [0, 0.05) is 6.54 Å². The Labute approximate surface area is 107 Å². The summed E-state index contributed by atoms with van der Waals surface area (Å²) < 4.78 is 32.4. The van der Waals surface area contributed by atoms with Crippen molar-refractivity contribution in [3.05, 3.63) is 29.3 Å². The Morgan fingerprint density at radius 2 is 1.78 bits per heavy atom. The van der Waals surface area contributed by atoms with Crippen LogP contribution in [0.5, 0.6) is 5.75 Å². The van der Waals surface area contributed by atoms with Crippen LogP contribution in [0.1, 0.15) is 38.7 Å². The summed E-state index contributed by atoms with van der Waals surface area (Å²) in [7, 11) is 0. The molecule has 0 saturated heterocycles. The molecule has 4 heteroatoms. The molecule has 0 fully saturated rings. The second-order valence-corrected chi connectivity index (χ2v) is 4.27. The SMILES string of the molecule is CCCCOc1c(F)cc(CNCCC)cc1F. The van der Waals surface area contributed by atoms with Crippen LogP contribution in [0.3, 0.4) is 0 Å². The Kier molecular flexibility index (Phi) is 6.65. The van der Waals surface area contributed by atoms with Gasteiger partial charge in [0.1, 0.15) is 0 Å². The van der Waals surface area contributed by atoms with Gasteiger partial charge in [0.25, 0.3) is 0 Å². The number of halogens is 2. The molecule has 0 aliphatic heterocycles. The molecule has 102 valence electrons. The van der Waals surface area contributed by atoms with Crippen molar-refractivity contribution < 1.29 is 13.5 Å². The molecular weight excluding hydrogens is 236 g/mol. The zero-order chi connectivity index (χ0) is 13.4. The highest BCUT2D eigenvalue weighted by atomic mass is 19.1. The first-order chi connectivity index (χ1) is 8.69. The standard InChI is InChI=1S/C14H21F2NO/c1-3-5-7-18-14-12(15)8-11(9-13(14)16)10-17-6-4-2/h8-9,17H,3-7,10H2,1-2H3. The van der Waals surface area contributed by atoms with Crippen molar-refractivity contribution in [3.63, 3.8) is 0 Å². The van der Waals surface area contributed by atoms with Gasteiger partial charge in [-0.15, -0.1) is 0 Å². The van der Waals surface area contributed by atoms with Gasteiger partial charge >= 0.3 is 0 Å². The van der Waals surface area contributed by atoms with Gasteiger partial charge in [-0.05, 0) is 37.1 Å². The van der Waals surface area contributed by atoms with Gasteiger partial charge < -0.3 is 10.1 Å². The summed E-state index contributed by atoms with van der Waals surface area (Å²) in [6.45, 7) is 5.68. The third-order valence-electron chi connectivity index (χ3n) is 2.56. The predicted octanol–water partition coefficient (Wildman–Crippen LogP) is 3.64. The average molecular weight is 257 g/mol. The van der Waals surface area contributed by atoms with Gasteiger partial charge in [-0.1, -0.05) is 20.3 Å². The Morgan fingerprint density at radius 3 is 2.33 bits per heavy atom. The zero-order valence-corrected chi connectivity index (χ0v) is 11.1. The highest BCUT2D eigenvalue weighted by Gasteiger charge is 2.12. The quantitative estimate of drug-likeness (QED) is 0.718. The Morgan fingerprint density at radius 1 is 1.11 bits per heavy atom. The molecule has 0 heterocycles. The zero-order valence-electron chi connectivity index (χ0n) is 11.1. The molecule has 2 nitrogen and oxygen atoms in total. The van der Waals surface area contributed by atoms with Crippen molar-refractivity contribution in [2.24, 2.45) is 0 Å². The second kappa shape index (κ2) is 8.03. The molecule has 0 saturated carbocycles. The molecule has 0 unspecified atom stereocenters. The molecule has 1 aromatic carbocycles. The molecule has 0 atom stereocenters. The molecule has 18 heavy (non-hydrogen) atoms. The summed E-state index contributed by atoms with van der Waals surface area (Å²) in [4.78, 5) is 0. The number of rotatable bonds is 8. The van der Waals surface area contributed by atoms with E-state index in [1.54, 1.807) is 0 Å². The van der Waals surface area contributed by atoms with Gasteiger partial charge in [-0.25, -0.2) is 8.78 Å². The van der Waals surface area contributed by atoms with Crippen molar-refractivity contribution in [2.75, 3.05) is 13.2 Å². The number of nitrogens with one attached hydrogen (secondary N) is 1. The van der Waals surface area contributed by atoms with Gasteiger partial charge in [-0.2, -0.15) is 0 Å². The van der Waals surface area contributed by atoms with Crippen LogP contribution in [0.4, 0.5) is 8.78 Å². The minimum absolute atomic E-state index is 0.261. The highest BCUT2D eigenvalue weighted by molar-refractivity contribution is 5.31. The van der Waals surface area contributed by atoms with Crippen molar-refractivity contribution in [1.82, 2.24) is 5.32 Å². The number of ether oxygens (including phenoxy) is 1. The Hall–Kier alpha value is -1.16. The lowest BCUT2D eigenvalue weighted by Gasteiger charge is -2.10. The fourth-order valence-electron chi connectivity index (χ4n) is 1.58.